The Morgan fingerprint density at radius 1 is 0.757 bits per heavy atom. The zero-order valence-corrected chi connectivity index (χ0v) is 19.6. The number of pyridine rings is 1. The molecule has 0 saturated carbocycles. The van der Waals surface area contributed by atoms with Crippen molar-refractivity contribution in [3.05, 3.63) is 138 Å². The van der Waals surface area contributed by atoms with Gasteiger partial charge in [-0.3, -0.25) is 9.78 Å². The molecule has 0 aliphatic carbocycles. The molecule has 0 spiro atoms. The largest absolute Gasteiger partial charge is 0.281 e. The number of anilines is 1. The number of halogens is 1. The minimum atomic E-state index is -0.332. The summed E-state index contributed by atoms with van der Waals surface area (Å²) < 4.78 is 15.4. The lowest BCUT2D eigenvalue weighted by Gasteiger charge is -2.10. The molecule has 178 valence electrons. The lowest BCUT2D eigenvalue weighted by Crippen LogP contribution is -2.21. The number of hydrogen-bond donors (Lipinski definition) is 0. The summed E-state index contributed by atoms with van der Waals surface area (Å²) in [7, 11) is 0. The first-order chi connectivity index (χ1) is 18.2. The summed E-state index contributed by atoms with van der Waals surface area (Å²) >= 11 is 0. The topological polar surface area (TPSA) is 63.4 Å². The van der Waals surface area contributed by atoms with E-state index in [1.165, 1.54) is 17.1 Å². The van der Waals surface area contributed by atoms with Crippen LogP contribution in [0, 0.1) is 5.82 Å². The number of carbonyl (C=O) groups excluding carboxylic acids is 1. The fourth-order valence-corrected chi connectivity index (χ4v) is 4.20. The van der Waals surface area contributed by atoms with Crippen LogP contribution < -0.4 is 5.01 Å². The molecule has 3 aromatic carbocycles. The van der Waals surface area contributed by atoms with E-state index in [9.17, 15) is 9.18 Å². The Morgan fingerprint density at radius 3 is 2.14 bits per heavy atom. The van der Waals surface area contributed by atoms with Crippen molar-refractivity contribution >= 4 is 23.4 Å². The second-order valence-electron chi connectivity index (χ2n) is 8.42. The maximum atomic E-state index is 13.7. The lowest BCUT2D eigenvalue weighted by atomic mass is 10.00. The van der Waals surface area contributed by atoms with Crippen LogP contribution in [0.2, 0.25) is 0 Å². The molecular weight excluding hydrogens is 465 g/mol. The highest BCUT2D eigenvalue weighted by Gasteiger charge is 2.32. The number of carbonyl (C=O) groups is 1. The van der Waals surface area contributed by atoms with Crippen LogP contribution in [0.25, 0.3) is 23.0 Å². The second kappa shape index (κ2) is 9.47. The molecule has 6 rings (SSSR count). The van der Waals surface area contributed by atoms with Gasteiger partial charge in [0.2, 0.25) is 0 Å². The van der Waals surface area contributed by atoms with Gasteiger partial charge in [0.05, 0.1) is 22.6 Å². The van der Waals surface area contributed by atoms with E-state index >= 15 is 0 Å². The highest BCUT2D eigenvalue weighted by molar-refractivity contribution is 6.37. The van der Waals surface area contributed by atoms with Crippen LogP contribution in [0.3, 0.4) is 0 Å². The van der Waals surface area contributed by atoms with E-state index in [2.05, 4.69) is 10.1 Å². The van der Waals surface area contributed by atoms with Gasteiger partial charge in [0.15, 0.2) is 0 Å². The fraction of sp³-hybridized carbons (Fsp3) is 0. The van der Waals surface area contributed by atoms with E-state index < -0.39 is 0 Å². The lowest BCUT2D eigenvalue weighted by molar-refractivity contribution is -0.114. The van der Waals surface area contributed by atoms with Crippen molar-refractivity contribution in [2.75, 3.05) is 5.01 Å². The van der Waals surface area contributed by atoms with Crippen LogP contribution in [-0.2, 0) is 4.79 Å². The van der Waals surface area contributed by atoms with Crippen LogP contribution in [0.4, 0.5) is 10.1 Å². The fourth-order valence-electron chi connectivity index (χ4n) is 4.20. The van der Waals surface area contributed by atoms with Crippen molar-refractivity contribution < 1.29 is 9.18 Å². The number of hydrogen-bond acceptors (Lipinski definition) is 4. The molecule has 0 unspecified atom stereocenters. The molecule has 0 bridgehead atoms. The first-order valence-corrected chi connectivity index (χ1v) is 11.7. The maximum absolute atomic E-state index is 13.7. The summed E-state index contributed by atoms with van der Waals surface area (Å²) in [5.41, 5.74) is 5.22. The Morgan fingerprint density at radius 2 is 1.46 bits per heavy atom. The van der Waals surface area contributed by atoms with Crippen molar-refractivity contribution in [3.63, 3.8) is 0 Å². The highest BCUT2D eigenvalue weighted by atomic mass is 19.1. The molecule has 1 aliphatic heterocycles. The minimum absolute atomic E-state index is 0.262. The van der Waals surface area contributed by atoms with Crippen molar-refractivity contribution in [2.24, 2.45) is 5.10 Å². The zero-order valence-electron chi connectivity index (χ0n) is 19.6. The standard InChI is InChI=1S/C30H20FN5O/c31-24-15-13-21(14-16-24)28-23(20-35(33-28)25-9-3-1-4-10-25)18-27-29(22-8-7-17-32-19-22)34-36(30(27)37)26-11-5-2-6-12-26/h1-20H. The Hall–Kier alpha value is -5.17. The third-order valence-electron chi connectivity index (χ3n) is 5.99. The summed E-state index contributed by atoms with van der Waals surface area (Å²) in [4.78, 5) is 17.9. The Balaban J connectivity index is 1.52. The van der Waals surface area contributed by atoms with E-state index in [4.69, 9.17) is 5.10 Å². The smallest absolute Gasteiger partial charge is 0.267 e. The molecular formula is C30H20FN5O. The number of para-hydroxylation sites is 2. The van der Waals surface area contributed by atoms with E-state index in [1.54, 1.807) is 35.3 Å². The second-order valence-corrected chi connectivity index (χ2v) is 8.42. The average Bonchev–Trinajstić information content (AvgIpc) is 3.52. The molecule has 0 radical (unpaired) electrons. The quantitative estimate of drug-likeness (QED) is 0.291. The van der Waals surface area contributed by atoms with Crippen molar-refractivity contribution in [2.45, 2.75) is 0 Å². The molecule has 7 heteroatoms. The number of hydrazone groups is 1. The Kier molecular flexibility index (Phi) is 5.71. The van der Waals surface area contributed by atoms with Gasteiger partial charge in [0.25, 0.3) is 5.91 Å². The van der Waals surface area contributed by atoms with Gasteiger partial charge in [-0.05, 0) is 66.7 Å². The molecule has 6 nitrogen and oxygen atoms in total. The minimum Gasteiger partial charge on any atom is -0.267 e. The van der Waals surface area contributed by atoms with Crippen LogP contribution in [-0.4, -0.2) is 26.4 Å². The van der Waals surface area contributed by atoms with Crippen LogP contribution >= 0.6 is 0 Å². The van der Waals surface area contributed by atoms with Crippen molar-refractivity contribution in [3.8, 4) is 16.9 Å². The third-order valence-corrected chi connectivity index (χ3v) is 5.99. The molecule has 5 aromatic rings. The number of aromatic nitrogens is 3. The number of nitrogens with zero attached hydrogens (tertiary/aromatic N) is 5. The number of benzene rings is 3. The summed E-state index contributed by atoms with van der Waals surface area (Å²) in [5, 5.41) is 10.9. The Bertz CT molecular complexity index is 1630. The summed E-state index contributed by atoms with van der Waals surface area (Å²) in [6.45, 7) is 0. The molecule has 37 heavy (non-hydrogen) atoms. The van der Waals surface area contributed by atoms with E-state index in [-0.39, 0.29) is 11.7 Å². The van der Waals surface area contributed by atoms with Gasteiger partial charge in [0, 0.05) is 35.3 Å². The van der Waals surface area contributed by atoms with E-state index in [0.29, 0.717) is 28.2 Å². The molecule has 2 aromatic heterocycles. The zero-order chi connectivity index (χ0) is 25.2. The molecule has 1 amide bonds. The SMILES string of the molecule is O=C1C(=Cc2cn(-c3ccccc3)nc2-c2ccc(F)cc2)C(c2cccnc2)=NN1c1ccccc1. The maximum Gasteiger partial charge on any atom is 0.281 e. The molecule has 1 aliphatic rings. The van der Waals surface area contributed by atoms with Crippen molar-refractivity contribution in [1.29, 1.82) is 0 Å². The predicted octanol–water partition coefficient (Wildman–Crippen LogP) is 5.91. The normalized spacial score (nSPS) is 14.3. The van der Waals surface area contributed by atoms with Gasteiger partial charge in [-0.1, -0.05) is 36.4 Å². The number of rotatable bonds is 5. The van der Waals surface area contributed by atoms with Gasteiger partial charge in [-0.25, -0.2) is 9.07 Å². The van der Waals surface area contributed by atoms with Gasteiger partial charge in [-0.2, -0.15) is 15.2 Å². The Labute approximate surface area is 212 Å². The molecule has 0 N–H and O–H groups in total. The molecule has 0 saturated heterocycles. The van der Waals surface area contributed by atoms with Crippen LogP contribution in [0.1, 0.15) is 11.1 Å². The predicted molar refractivity (Wildman–Crippen MR) is 142 cm³/mol. The first-order valence-electron chi connectivity index (χ1n) is 11.7. The van der Waals surface area contributed by atoms with E-state index in [0.717, 1.165) is 16.8 Å². The number of amides is 1. The molecule has 3 heterocycles. The first kappa shape index (κ1) is 22.3. The van der Waals surface area contributed by atoms with E-state index in [1.807, 2.05) is 79.0 Å². The van der Waals surface area contributed by atoms with Crippen molar-refractivity contribution in [1.82, 2.24) is 14.8 Å². The molecule has 0 fully saturated rings. The van der Waals surface area contributed by atoms with Crippen LogP contribution in [0.15, 0.2) is 126 Å². The van der Waals surface area contributed by atoms with Crippen LogP contribution in [0.5, 0.6) is 0 Å². The van der Waals surface area contributed by atoms with Gasteiger partial charge < -0.3 is 0 Å². The third kappa shape index (κ3) is 4.34. The van der Waals surface area contributed by atoms with Gasteiger partial charge in [0.1, 0.15) is 11.5 Å². The van der Waals surface area contributed by atoms with Gasteiger partial charge >= 0.3 is 0 Å². The van der Waals surface area contributed by atoms with Gasteiger partial charge in [-0.15, -0.1) is 0 Å². The molecule has 0 atom stereocenters. The average molecular weight is 486 g/mol. The summed E-state index contributed by atoms with van der Waals surface area (Å²) in [5.74, 6) is -0.593. The summed E-state index contributed by atoms with van der Waals surface area (Å²) in [6.07, 6.45) is 7.01. The summed E-state index contributed by atoms with van der Waals surface area (Å²) in [6, 6.07) is 28.8. The highest BCUT2D eigenvalue weighted by Crippen LogP contribution is 2.31. The monoisotopic (exact) mass is 485 g/mol.